The van der Waals surface area contributed by atoms with Gasteiger partial charge in [0.15, 0.2) is 5.69 Å². The third-order valence-electron chi connectivity index (χ3n) is 2.41. The van der Waals surface area contributed by atoms with E-state index in [9.17, 15) is 9.59 Å². The summed E-state index contributed by atoms with van der Waals surface area (Å²) in [6, 6.07) is 9.27. The third kappa shape index (κ3) is 3.15. The standard InChI is InChI=1S/C13H8BrClN2O3/c14-8-4-1-3-7(11(8)15)12(18)17-10-6-2-5-9(16-10)13(19)20/h1-6H,(H,19,20)(H,16,17,18). The van der Waals surface area contributed by atoms with E-state index in [1.807, 2.05) is 0 Å². The zero-order valence-electron chi connectivity index (χ0n) is 9.93. The van der Waals surface area contributed by atoms with Crippen molar-refractivity contribution in [3.63, 3.8) is 0 Å². The molecule has 0 radical (unpaired) electrons. The van der Waals surface area contributed by atoms with E-state index in [-0.39, 0.29) is 22.1 Å². The molecule has 0 saturated heterocycles. The highest BCUT2D eigenvalue weighted by Crippen LogP contribution is 2.26. The maximum atomic E-state index is 12.1. The average molecular weight is 356 g/mol. The molecule has 1 heterocycles. The molecule has 0 fully saturated rings. The summed E-state index contributed by atoms with van der Waals surface area (Å²) in [5.41, 5.74) is 0.117. The number of anilines is 1. The van der Waals surface area contributed by atoms with Crippen molar-refractivity contribution in [2.24, 2.45) is 0 Å². The van der Waals surface area contributed by atoms with Crippen molar-refractivity contribution >= 4 is 45.2 Å². The number of halogens is 2. The van der Waals surface area contributed by atoms with Gasteiger partial charge in [0.05, 0.1) is 10.6 Å². The van der Waals surface area contributed by atoms with Gasteiger partial charge in [-0.1, -0.05) is 23.7 Å². The molecule has 0 bridgehead atoms. The lowest BCUT2D eigenvalue weighted by Crippen LogP contribution is -2.14. The molecular formula is C13H8BrClN2O3. The van der Waals surface area contributed by atoms with Crippen molar-refractivity contribution in [3.05, 3.63) is 57.2 Å². The molecule has 0 atom stereocenters. The topological polar surface area (TPSA) is 79.3 Å². The van der Waals surface area contributed by atoms with Crippen LogP contribution in [0.5, 0.6) is 0 Å². The van der Waals surface area contributed by atoms with Crippen LogP contribution in [0.3, 0.4) is 0 Å². The quantitative estimate of drug-likeness (QED) is 0.884. The zero-order chi connectivity index (χ0) is 14.7. The van der Waals surface area contributed by atoms with Gasteiger partial charge in [-0.3, -0.25) is 4.79 Å². The van der Waals surface area contributed by atoms with E-state index in [1.54, 1.807) is 18.2 Å². The van der Waals surface area contributed by atoms with Crippen LogP contribution in [0.1, 0.15) is 20.8 Å². The van der Waals surface area contributed by atoms with Crippen molar-refractivity contribution in [1.82, 2.24) is 4.98 Å². The number of amides is 1. The van der Waals surface area contributed by atoms with Gasteiger partial charge >= 0.3 is 5.97 Å². The minimum Gasteiger partial charge on any atom is -0.477 e. The summed E-state index contributed by atoms with van der Waals surface area (Å²) in [7, 11) is 0. The summed E-state index contributed by atoms with van der Waals surface area (Å²) >= 11 is 9.24. The molecule has 102 valence electrons. The second-order valence-electron chi connectivity index (χ2n) is 3.77. The summed E-state index contributed by atoms with van der Waals surface area (Å²) < 4.78 is 0.596. The fourth-order valence-electron chi connectivity index (χ4n) is 1.49. The normalized spacial score (nSPS) is 10.1. The fourth-order valence-corrected chi connectivity index (χ4v) is 2.06. The van der Waals surface area contributed by atoms with Gasteiger partial charge < -0.3 is 10.4 Å². The van der Waals surface area contributed by atoms with Crippen LogP contribution in [-0.2, 0) is 0 Å². The number of carboxylic acids is 1. The van der Waals surface area contributed by atoms with E-state index in [0.29, 0.717) is 4.47 Å². The second kappa shape index (κ2) is 6.02. The number of hydrogen-bond acceptors (Lipinski definition) is 3. The molecule has 20 heavy (non-hydrogen) atoms. The molecule has 5 nitrogen and oxygen atoms in total. The molecule has 0 unspecified atom stereocenters. The number of benzene rings is 1. The molecule has 7 heteroatoms. The zero-order valence-corrected chi connectivity index (χ0v) is 12.3. The van der Waals surface area contributed by atoms with E-state index in [1.165, 1.54) is 18.2 Å². The number of nitrogens with one attached hydrogen (secondary N) is 1. The molecule has 0 aliphatic rings. The Bertz CT molecular complexity index is 691. The Morgan fingerprint density at radius 1 is 1.20 bits per heavy atom. The van der Waals surface area contributed by atoms with Crippen molar-refractivity contribution in [1.29, 1.82) is 0 Å². The SMILES string of the molecule is O=C(O)c1cccc(NC(=O)c2cccc(Br)c2Cl)n1. The summed E-state index contributed by atoms with van der Waals surface area (Å²) in [5, 5.41) is 11.6. The van der Waals surface area contributed by atoms with Gasteiger partial charge in [-0.15, -0.1) is 0 Å². The molecule has 2 N–H and O–H groups in total. The molecule has 1 aromatic heterocycles. The number of hydrogen-bond donors (Lipinski definition) is 2. The highest BCUT2D eigenvalue weighted by Gasteiger charge is 2.14. The van der Waals surface area contributed by atoms with E-state index in [0.717, 1.165) is 0 Å². The smallest absolute Gasteiger partial charge is 0.354 e. The van der Waals surface area contributed by atoms with E-state index in [4.69, 9.17) is 16.7 Å². The van der Waals surface area contributed by atoms with Crippen LogP contribution in [0.15, 0.2) is 40.9 Å². The van der Waals surface area contributed by atoms with E-state index in [2.05, 4.69) is 26.2 Å². The number of aromatic nitrogens is 1. The Labute approximate surface area is 127 Å². The van der Waals surface area contributed by atoms with Crippen molar-refractivity contribution in [2.45, 2.75) is 0 Å². The van der Waals surface area contributed by atoms with Crippen molar-refractivity contribution in [3.8, 4) is 0 Å². The van der Waals surface area contributed by atoms with Gasteiger partial charge in [0.2, 0.25) is 0 Å². The Hall–Kier alpha value is -1.92. The number of aromatic carboxylic acids is 1. The molecule has 1 amide bonds. The lowest BCUT2D eigenvalue weighted by molar-refractivity contribution is 0.0690. The maximum Gasteiger partial charge on any atom is 0.354 e. The Kier molecular flexibility index (Phi) is 4.36. The van der Waals surface area contributed by atoms with Crippen LogP contribution in [0, 0.1) is 0 Å². The second-order valence-corrected chi connectivity index (χ2v) is 5.00. The number of nitrogens with zero attached hydrogens (tertiary/aromatic N) is 1. The van der Waals surface area contributed by atoms with Crippen LogP contribution < -0.4 is 5.32 Å². The molecular weight excluding hydrogens is 348 g/mol. The summed E-state index contributed by atoms with van der Waals surface area (Å²) in [5.74, 6) is -1.49. The first-order chi connectivity index (χ1) is 9.49. The van der Waals surface area contributed by atoms with Crippen molar-refractivity contribution < 1.29 is 14.7 Å². The van der Waals surface area contributed by atoms with Gasteiger partial charge in [-0.2, -0.15) is 0 Å². The Morgan fingerprint density at radius 3 is 2.60 bits per heavy atom. The fraction of sp³-hybridized carbons (Fsp3) is 0. The number of carbonyl (C=O) groups excluding carboxylic acids is 1. The predicted octanol–water partition coefficient (Wildman–Crippen LogP) is 3.45. The molecule has 0 saturated carbocycles. The maximum absolute atomic E-state index is 12.1. The van der Waals surface area contributed by atoms with Crippen LogP contribution in [0.4, 0.5) is 5.82 Å². The van der Waals surface area contributed by atoms with Crippen molar-refractivity contribution in [2.75, 3.05) is 5.32 Å². The molecule has 0 spiro atoms. The van der Waals surface area contributed by atoms with E-state index < -0.39 is 11.9 Å². The average Bonchev–Trinajstić information content (AvgIpc) is 2.42. The number of carboxylic acid groups (broad SMARTS) is 1. The largest absolute Gasteiger partial charge is 0.477 e. The number of rotatable bonds is 3. The first-order valence-electron chi connectivity index (χ1n) is 5.45. The van der Waals surface area contributed by atoms with Gasteiger partial charge in [0.25, 0.3) is 5.91 Å². The monoisotopic (exact) mass is 354 g/mol. The van der Waals surface area contributed by atoms with Gasteiger partial charge in [-0.25, -0.2) is 9.78 Å². The third-order valence-corrected chi connectivity index (χ3v) is 3.70. The highest BCUT2D eigenvalue weighted by molar-refractivity contribution is 9.10. The van der Waals surface area contributed by atoms with Gasteiger partial charge in [0.1, 0.15) is 5.82 Å². The lowest BCUT2D eigenvalue weighted by atomic mass is 10.2. The number of pyridine rings is 1. The van der Waals surface area contributed by atoms with E-state index >= 15 is 0 Å². The lowest BCUT2D eigenvalue weighted by Gasteiger charge is -2.07. The summed E-state index contributed by atoms with van der Waals surface area (Å²) in [6.45, 7) is 0. The Morgan fingerprint density at radius 2 is 1.90 bits per heavy atom. The molecule has 1 aromatic carbocycles. The predicted molar refractivity (Wildman–Crippen MR) is 78.3 cm³/mol. The minimum absolute atomic E-state index is 0.144. The van der Waals surface area contributed by atoms with Gasteiger partial charge in [0, 0.05) is 4.47 Å². The van der Waals surface area contributed by atoms with Crippen LogP contribution in [0.25, 0.3) is 0 Å². The summed E-state index contributed by atoms with van der Waals surface area (Å²) in [6.07, 6.45) is 0. The number of carbonyl (C=O) groups is 2. The molecule has 2 aromatic rings. The Balaban J connectivity index is 2.26. The highest BCUT2D eigenvalue weighted by atomic mass is 79.9. The summed E-state index contributed by atoms with van der Waals surface area (Å²) in [4.78, 5) is 26.7. The minimum atomic E-state index is -1.17. The molecule has 2 rings (SSSR count). The first-order valence-corrected chi connectivity index (χ1v) is 6.62. The van der Waals surface area contributed by atoms with Crippen LogP contribution in [0.2, 0.25) is 5.02 Å². The van der Waals surface area contributed by atoms with Crippen LogP contribution in [-0.4, -0.2) is 22.0 Å². The van der Waals surface area contributed by atoms with Gasteiger partial charge in [-0.05, 0) is 40.2 Å². The first kappa shape index (κ1) is 14.5. The molecule has 0 aliphatic carbocycles. The molecule has 0 aliphatic heterocycles. The van der Waals surface area contributed by atoms with Crippen LogP contribution >= 0.6 is 27.5 Å².